The van der Waals surface area contributed by atoms with Crippen molar-refractivity contribution in [1.29, 1.82) is 0 Å². The molecular formula is C12H12F3N5O2. The molecule has 1 aromatic rings. The molecule has 0 aromatic carbocycles. The molecule has 0 saturated heterocycles. The van der Waals surface area contributed by atoms with Crippen LogP contribution in [0.2, 0.25) is 0 Å². The Balaban J connectivity index is 2.52. The van der Waals surface area contributed by atoms with E-state index in [9.17, 15) is 23.3 Å². The van der Waals surface area contributed by atoms with E-state index in [2.05, 4.69) is 9.98 Å². The van der Waals surface area contributed by atoms with E-state index < -0.39 is 33.9 Å². The Morgan fingerprint density at radius 1 is 1.45 bits per heavy atom. The minimum atomic E-state index is -4.61. The first-order valence-corrected chi connectivity index (χ1v) is 6.07. The highest BCUT2D eigenvalue weighted by molar-refractivity contribution is 6.02. The van der Waals surface area contributed by atoms with Gasteiger partial charge in [0, 0.05) is 12.6 Å². The maximum atomic E-state index is 12.7. The van der Waals surface area contributed by atoms with Crippen molar-refractivity contribution < 1.29 is 18.1 Å². The standard InChI is InChI=1S/C12H12F3N5O2/c1-11(17)5-7(19-10(16)9(11)20(21)22)6-2-3-18-8(4-6)12(13,14)15/h2-4H,5,16-17H2,1H3. The summed E-state index contributed by atoms with van der Waals surface area (Å²) < 4.78 is 38.0. The summed E-state index contributed by atoms with van der Waals surface area (Å²) in [5, 5.41) is 11.0. The number of hydrogen-bond acceptors (Lipinski definition) is 6. The van der Waals surface area contributed by atoms with Crippen molar-refractivity contribution >= 4 is 5.71 Å². The fraction of sp³-hybridized carbons (Fsp3) is 0.333. The molecule has 118 valence electrons. The van der Waals surface area contributed by atoms with Gasteiger partial charge in [-0.1, -0.05) is 0 Å². The van der Waals surface area contributed by atoms with Crippen molar-refractivity contribution in [2.75, 3.05) is 0 Å². The van der Waals surface area contributed by atoms with Gasteiger partial charge in [-0.2, -0.15) is 13.2 Å². The van der Waals surface area contributed by atoms with Crippen LogP contribution in [0.3, 0.4) is 0 Å². The molecule has 0 amide bonds. The molecular weight excluding hydrogens is 303 g/mol. The molecule has 1 aliphatic heterocycles. The lowest BCUT2D eigenvalue weighted by molar-refractivity contribution is -0.436. The summed E-state index contributed by atoms with van der Waals surface area (Å²) in [5.74, 6) is -0.415. The topological polar surface area (TPSA) is 120 Å². The number of aliphatic imine (C=N–C) groups is 1. The lowest BCUT2D eigenvalue weighted by atomic mass is 9.87. The first kappa shape index (κ1) is 15.9. The van der Waals surface area contributed by atoms with Gasteiger partial charge in [0.25, 0.3) is 0 Å². The van der Waals surface area contributed by atoms with Gasteiger partial charge in [-0.15, -0.1) is 0 Å². The van der Waals surface area contributed by atoms with E-state index in [1.165, 1.54) is 13.0 Å². The number of aromatic nitrogens is 1. The highest BCUT2D eigenvalue weighted by Gasteiger charge is 2.42. The molecule has 1 aliphatic rings. The average Bonchev–Trinajstić information content (AvgIpc) is 2.35. The third kappa shape index (κ3) is 2.91. The third-order valence-corrected chi connectivity index (χ3v) is 3.14. The Morgan fingerprint density at radius 3 is 2.59 bits per heavy atom. The lowest BCUT2D eigenvalue weighted by Crippen LogP contribution is -2.47. The van der Waals surface area contributed by atoms with Crippen molar-refractivity contribution in [3.63, 3.8) is 0 Å². The normalized spacial score (nSPS) is 22.5. The maximum Gasteiger partial charge on any atom is 0.433 e. The zero-order valence-corrected chi connectivity index (χ0v) is 11.4. The van der Waals surface area contributed by atoms with Crippen LogP contribution in [0.15, 0.2) is 34.8 Å². The molecule has 0 spiro atoms. The summed E-state index contributed by atoms with van der Waals surface area (Å²) >= 11 is 0. The first-order chi connectivity index (χ1) is 10.0. The fourth-order valence-electron chi connectivity index (χ4n) is 2.20. The van der Waals surface area contributed by atoms with Crippen LogP contribution in [-0.2, 0) is 6.18 Å². The van der Waals surface area contributed by atoms with Crippen LogP contribution in [0, 0.1) is 10.1 Å². The van der Waals surface area contributed by atoms with Crippen molar-refractivity contribution in [2.24, 2.45) is 16.5 Å². The Hall–Kier alpha value is -2.49. The monoisotopic (exact) mass is 315 g/mol. The van der Waals surface area contributed by atoms with Crippen LogP contribution >= 0.6 is 0 Å². The Morgan fingerprint density at radius 2 is 2.09 bits per heavy atom. The quantitative estimate of drug-likeness (QED) is 0.631. The Labute approximate surface area is 122 Å². The van der Waals surface area contributed by atoms with Crippen LogP contribution in [0.1, 0.15) is 24.6 Å². The van der Waals surface area contributed by atoms with Gasteiger partial charge in [0.05, 0.1) is 10.6 Å². The summed E-state index contributed by atoms with van der Waals surface area (Å²) in [7, 11) is 0. The Kier molecular flexibility index (Phi) is 3.65. The molecule has 2 heterocycles. The molecule has 0 bridgehead atoms. The SMILES string of the molecule is CC1(N)CC(c2ccnc(C(F)(F)F)c2)=NC(N)=C1[N+](=O)[O-]. The molecule has 1 unspecified atom stereocenters. The van der Waals surface area contributed by atoms with Gasteiger partial charge in [0.15, 0.2) is 0 Å². The number of halogens is 3. The molecule has 22 heavy (non-hydrogen) atoms. The number of hydrogen-bond donors (Lipinski definition) is 2. The minimum absolute atomic E-state index is 0.115. The van der Waals surface area contributed by atoms with E-state index >= 15 is 0 Å². The zero-order valence-electron chi connectivity index (χ0n) is 11.4. The third-order valence-electron chi connectivity index (χ3n) is 3.14. The summed E-state index contributed by atoms with van der Waals surface area (Å²) in [6, 6.07) is 2.12. The molecule has 7 nitrogen and oxygen atoms in total. The Bertz CT molecular complexity index is 694. The highest BCUT2D eigenvalue weighted by Crippen LogP contribution is 2.31. The van der Waals surface area contributed by atoms with Crippen molar-refractivity contribution in [3.05, 3.63) is 51.2 Å². The highest BCUT2D eigenvalue weighted by atomic mass is 19.4. The second-order valence-corrected chi connectivity index (χ2v) is 5.07. The van der Waals surface area contributed by atoms with Crippen LogP contribution in [0.25, 0.3) is 0 Å². The van der Waals surface area contributed by atoms with E-state index in [1.807, 2.05) is 0 Å². The zero-order chi connectivity index (χ0) is 16.7. The summed E-state index contributed by atoms with van der Waals surface area (Å²) in [6.45, 7) is 1.37. The second-order valence-electron chi connectivity index (χ2n) is 5.07. The fourth-order valence-corrected chi connectivity index (χ4v) is 2.20. The van der Waals surface area contributed by atoms with Crippen molar-refractivity contribution in [3.8, 4) is 0 Å². The van der Waals surface area contributed by atoms with Crippen LogP contribution < -0.4 is 11.5 Å². The van der Waals surface area contributed by atoms with E-state index in [-0.39, 0.29) is 17.7 Å². The molecule has 0 aliphatic carbocycles. The van der Waals surface area contributed by atoms with E-state index in [4.69, 9.17) is 11.5 Å². The second kappa shape index (κ2) is 5.05. The summed E-state index contributed by atoms with van der Waals surface area (Å²) in [6.07, 6.45) is -3.74. The molecule has 2 rings (SSSR count). The molecule has 1 aromatic heterocycles. The van der Waals surface area contributed by atoms with Gasteiger partial charge in [0.1, 0.15) is 11.2 Å². The average molecular weight is 315 g/mol. The lowest BCUT2D eigenvalue weighted by Gasteiger charge is -2.26. The van der Waals surface area contributed by atoms with E-state index in [0.29, 0.717) is 0 Å². The first-order valence-electron chi connectivity index (χ1n) is 6.07. The predicted octanol–water partition coefficient (Wildman–Crippen LogP) is 1.42. The van der Waals surface area contributed by atoms with Gasteiger partial charge >= 0.3 is 11.9 Å². The molecule has 0 radical (unpaired) electrons. The number of rotatable bonds is 2. The molecule has 0 fully saturated rings. The number of nitrogens with two attached hydrogens (primary N) is 2. The van der Waals surface area contributed by atoms with Crippen LogP contribution in [0.5, 0.6) is 0 Å². The van der Waals surface area contributed by atoms with Crippen LogP contribution in [0.4, 0.5) is 13.2 Å². The van der Waals surface area contributed by atoms with E-state index in [1.54, 1.807) is 0 Å². The summed E-state index contributed by atoms with van der Waals surface area (Å²) in [5.41, 5.74) is 8.68. The molecule has 1 atom stereocenters. The summed E-state index contributed by atoms with van der Waals surface area (Å²) in [4.78, 5) is 17.3. The largest absolute Gasteiger partial charge is 0.433 e. The van der Waals surface area contributed by atoms with Crippen molar-refractivity contribution in [1.82, 2.24) is 4.98 Å². The van der Waals surface area contributed by atoms with Gasteiger partial charge in [-0.3, -0.25) is 15.1 Å². The van der Waals surface area contributed by atoms with Gasteiger partial charge in [-0.25, -0.2) is 4.99 Å². The molecule has 4 N–H and O–H groups in total. The minimum Gasteiger partial charge on any atom is -0.378 e. The van der Waals surface area contributed by atoms with Crippen LogP contribution in [-0.4, -0.2) is 21.2 Å². The van der Waals surface area contributed by atoms with Gasteiger partial charge < -0.3 is 11.5 Å². The number of nitrogens with zero attached hydrogens (tertiary/aromatic N) is 3. The van der Waals surface area contributed by atoms with Gasteiger partial charge in [0.2, 0.25) is 5.82 Å². The smallest absolute Gasteiger partial charge is 0.378 e. The maximum absolute atomic E-state index is 12.7. The number of alkyl halides is 3. The number of nitro groups is 1. The van der Waals surface area contributed by atoms with Crippen molar-refractivity contribution in [2.45, 2.75) is 25.1 Å². The molecule has 0 saturated carbocycles. The predicted molar refractivity (Wildman–Crippen MR) is 71.2 cm³/mol. The molecule has 10 heteroatoms. The van der Waals surface area contributed by atoms with E-state index in [0.717, 1.165) is 12.3 Å². The number of pyridine rings is 1. The van der Waals surface area contributed by atoms with Gasteiger partial charge in [-0.05, 0) is 24.6 Å².